The summed E-state index contributed by atoms with van der Waals surface area (Å²) in [6, 6.07) is 14.7. The van der Waals surface area contributed by atoms with Gasteiger partial charge >= 0.3 is 0 Å². The van der Waals surface area contributed by atoms with Crippen molar-refractivity contribution < 1.29 is 13.2 Å². The van der Waals surface area contributed by atoms with E-state index in [4.69, 9.17) is 0 Å². The Hall–Kier alpha value is -2.38. The molecule has 1 heterocycles. The first-order valence-electron chi connectivity index (χ1n) is 9.23. The highest BCUT2D eigenvalue weighted by Gasteiger charge is 2.15. The summed E-state index contributed by atoms with van der Waals surface area (Å²) in [7, 11) is -3.67. The van der Waals surface area contributed by atoms with Gasteiger partial charge in [0.1, 0.15) is 0 Å². The maximum atomic E-state index is 12.4. The number of benzene rings is 2. The van der Waals surface area contributed by atoms with Gasteiger partial charge < -0.3 is 10.2 Å². The number of nitrogens with zero attached hydrogens (tertiary/aromatic N) is 1. The van der Waals surface area contributed by atoms with Gasteiger partial charge in [0.05, 0.1) is 4.90 Å². The normalized spacial score (nSPS) is 14.8. The molecule has 7 heteroatoms. The van der Waals surface area contributed by atoms with Crippen LogP contribution in [0.3, 0.4) is 0 Å². The Kier molecular flexibility index (Phi) is 6.47. The number of likely N-dealkylation sites (tertiary alicyclic amines) is 1. The number of amides is 1. The van der Waals surface area contributed by atoms with Gasteiger partial charge in [-0.2, -0.15) is 0 Å². The summed E-state index contributed by atoms with van der Waals surface area (Å²) in [5.41, 5.74) is 0.799. The predicted molar refractivity (Wildman–Crippen MR) is 106 cm³/mol. The quantitative estimate of drug-likeness (QED) is 0.683. The molecule has 6 nitrogen and oxygen atoms in total. The van der Waals surface area contributed by atoms with Crippen LogP contribution in [0.25, 0.3) is 0 Å². The molecule has 0 spiro atoms. The van der Waals surface area contributed by atoms with E-state index in [1.165, 1.54) is 25.0 Å². The van der Waals surface area contributed by atoms with E-state index in [1.807, 2.05) is 0 Å². The highest BCUT2D eigenvalue weighted by atomic mass is 32.2. The maximum Gasteiger partial charge on any atom is 0.261 e. The first kappa shape index (κ1) is 19.4. The van der Waals surface area contributed by atoms with Crippen molar-refractivity contribution >= 4 is 21.6 Å². The number of carbonyl (C=O) groups is 1. The summed E-state index contributed by atoms with van der Waals surface area (Å²) < 4.78 is 27.3. The monoisotopic (exact) mass is 387 g/mol. The van der Waals surface area contributed by atoms with E-state index in [0.29, 0.717) is 17.8 Å². The number of carbonyl (C=O) groups excluding carboxylic acids is 1. The van der Waals surface area contributed by atoms with Gasteiger partial charge in [-0.1, -0.05) is 24.3 Å². The third-order valence-corrected chi connectivity index (χ3v) is 5.96. The lowest BCUT2D eigenvalue weighted by Gasteiger charge is -2.14. The third kappa shape index (κ3) is 5.55. The molecule has 1 amide bonds. The lowest BCUT2D eigenvalue weighted by Crippen LogP contribution is -2.28. The van der Waals surface area contributed by atoms with Crippen LogP contribution in [0.15, 0.2) is 59.5 Å². The van der Waals surface area contributed by atoms with Crippen molar-refractivity contribution in [3.05, 3.63) is 60.2 Å². The Morgan fingerprint density at radius 2 is 1.74 bits per heavy atom. The van der Waals surface area contributed by atoms with Crippen LogP contribution < -0.4 is 10.0 Å². The number of hydrogen-bond donors (Lipinski definition) is 2. The molecular weight excluding hydrogens is 362 g/mol. The van der Waals surface area contributed by atoms with Crippen molar-refractivity contribution in [2.24, 2.45) is 0 Å². The lowest BCUT2D eigenvalue weighted by atomic mass is 10.2. The Morgan fingerprint density at radius 1 is 1.00 bits per heavy atom. The van der Waals surface area contributed by atoms with Crippen LogP contribution in [0.2, 0.25) is 0 Å². The predicted octanol–water partition coefficient (Wildman–Crippen LogP) is 2.70. The van der Waals surface area contributed by atoms with Crippen LogP contribution in [0.1, 0.15) is 29.6 Å². The SMILES string of the molecule is O=C(NCCCN1CCCC1)c1cccc(NS(=O)(=O)c2ccccc2)c1. The van der Waals surface area contributed by atoms with Gasteiger partial charge in [0.2, 0.25) is 0 Å². The molecule has 2 aromatic rings. The number of hydrogen-bond acceptors (Lipinski definition) is 4. The summed E-state index contributed by atoms with van der Waals surface area (Å²) in [6.45, 7) is 3.90. The van der Waals surface area contributed by atoms with Crippen LogP contribution >= 0.6 is 0 Å². The molecule has 0 atom stereocenters. The summed E-state index contributed by atoms with van der Waals surface area (Å²) in [4.78, 5) is 14.9. The van der Waals surface area contributed by atoms with Crippen molar-refractivity contribution in [1.82, 2.24) is 10.2 Å². The maximum absolute atomic E-state index is 12.4. The van der Waals surface area contributed by atoms with Gasteiger partial charge in [0.15, 0.2) is 0 Å². The zero-order valence-corrected chi connectivity index (χ0v) is 16.0. The van der Waals surface area contributed by atoms with Crippen LogP contribution in [-0.4, -0.2) is 45.4 Å². The van der Waals surface area contributed by atoms with Gasteiger partial charge in [-0.3, -0.25) is 9.52 Å². The molecule has 0 aromatic heterocycles. The molecule has 0 saturated carbocycles. The molecule has 0 aliphatic carbocycles. The number of nitrogens with one attached hydrogen (secondary N) is 2. The summed E-state index contributed by atoms with van der Waals surface area (Å²) in [6.07, 6.45) is 3.43. The molecule has 0 unspecified atom stereocenters. The van der Waals surface area contributed by atoms with E-state index >= 15 is 0 Å². The minimum Gasteiger partial charge on any atom is -0.352 e. The largest absolute Gasteiger partial charge is 0.352 e. The van der Waals surface area contributed by atoms with Gasteiger partial charge in [0.25, 0.3) is 15.9 Å². The number of sulfonamides is 1. The fourth-order valence-corrected chi connectivity index (χ4v) is 4.22. The molecule has 2 N–H and O–H groups in total. The Bertz CT molecular complexity index is 863. The summed E-state index contributed by atoms with van der Waals surface area (Å²) in [5, 5.41) is 2.90. The minimum atomic E-state index is -3.67. The fourth-order valence-electron chi connectivity index (χ4n) is 3.15. The fraction of sp³-hybridized carbons (Fsp3) is 0.350. The highest BCUT2D eigenvalue weighted by Crippen LogP contribution is 2.17. The second-order valence-corrected chi connectivity index (χ2v) is 8.34. The summed E-state index contributed by atoms with van der Waals surface area (Å²) >= 11 is 0. The van der Waals surface area contributed by atoms with Crippen LogP contribution in [0, 0.1) is 0 Å². The Balaban J connectivity index is 1.55. The van der Waals surface area contributed by atoms with Crippen LogP contribution in [-0.2, 0) is 10.0 Å². The second kappa shape index (κ2) is 9.01. The van der Waals surface area contributed by atoms with E-state index < -0.39 is 10.0 Å². The third-order valence-electron chi connectivity index (χ3n) is 4.57. The van der Waals surface area contributed by atoms with Crippen LogP contribution in [0.4, 0.5) is 5.69 Å². The average Bonchev–Trinajstić information content (AvgIpc) is 3.19. The Labute approximate surface area is 160 Å². The smallest absolute Gasteiger partial charge is 0.261 e. The van der Waals surface area contributed by atoms with Gasteiger partial charge in [-0.25, -0.2) is 8.42 Å². The van der Waals surface area contributed by atoms with E-state index in [-0.39, 0.29) is 10.8 Å². The molecule has 1 fully saturated rings. The van der Waals surface area contributed by atoms with Crippen molar-refractivity contribution in [1.29, 1.82) is 0 Å². The topological polar surface area (TPSA) is 78.5 Å². The molecule has 1 saturated heterocycles. The molecule has 144 valence electrons. The Morgan fingerprint density at radius 3 is 2.48 bits per heavy atom. The van der Waals surface area contributed by atoms with E-state index in [0.717, 1.165) is 26.1 Å². The minimum absolute atomic E-state index is 0.182. The van der Waals surface area contributed by atoms with Gasteiger partial charge in [-0.15, -0.1) is 0 Å². The van der Waals surface area contributed by atoms with Crippen molar-refractivity contribution in [3.63, 3.8) is 0 Å². The lowest BCUT2D eigenvalue weighted by molar-refractivity contribution is 0.0952. The molecular formula is C20H25N3O3S. The highest BCUT2D eigenvalue weighted by molar-refractivity contribution is 7.92. The first-order valence-corrected chi connectivity index (χ1v) is 10.7. The molecule has 0 bridgehead atoms. The van der Waals surface area contributed by atoms with Crippen molar-refractivity contribution in [2.75, 3.05) is 30.9 Å². The van der Waals surface area contributed by atoms with Crippen molar-refractivity contribution in [3.8, 4) is 0 Å². The van der Waals surface area contributed by atoms with Gasteiger partial charge in [0, 0.05) is 17.8 Å². The molecule has 27 heavy (non-hydrogen) atoms. The standard InChI is InChI=1S/C20H25N3O3S/c24-20(21-12-7-15-23-13-4-5-14-23)17-8-6-9-18(16-17)22-27(25,26)19-10-2-1-3-11-19/h1-3,6,8-11,16,22H,4-5,7,12-15H2,(H,21,24). The van der Waals surface area contributed by atoms with Crippen LogP contribution in [0.5, 0.6) is 0 Å². The van der Waals surface area contributed by atoms with Crippen molar-refractivity contribution in [2.45, 2.75) is 24.2 Å². The molecule has 3 rings (SSSR count). The zero-order valence-electron chi connectivity index (χ0n) is 15.2. The van der Waals surface area contributed by atoms with E-state index in [1.54, 1.807) is 42.5 Å². The summed E-state index contributed by atoms with van der Waals surface area (Å²) in [5.74, 6) is -0.197. The zero-order chi connectivity index (χ0) is 19.1. The molecule has 2 aromatic carbocycles. The number of anilines is 1. The molecule has 1 aliphatic rings. The van der Waals surface area contributed by atoms with E-state index in [2.05, 4.69) is 14.9 Å². The molecule has 0 radical (unpaired) electrons. The second-order valence-electron chi connectivity index (χ2n) is 6.66. The first-order chi connectivity index (χ1) is 13.0. The number of rotatable bonds is 8. The van der Waals surface area contributed by atoms with Gasteiger partial charge in [-0.05, 0) is 69.2 Å². The average molecular weight is 388 g/mol. The molecule has 1 aliphatic heterocycles. The van der Waals surface area contributed by atoms with E-state index in [9.17, 15) is 13.2 Å².